The molecule has 0 unspecified atom stereocenters. The Balaban J connectivity index is 2.96. The fourth-order valence-electron chi connectivity index (χ4n) is 1.51. The Kier molecular flexibility index (Phi) is 4.57. The highest BCUT2D eigenvalue weighted by atomic mass is 16.1. The van der Waals surface area contributed by atoms with E-state index in [-0.39, 0.29) is 5.91 Å². The quantitative estimate of drug-likeness (QED) is 0.612. The minimum absolute atomic E-state index is 0.0976. The molecule has 3 N–H and O–H groups in total. The molecule has 1 rings (SSSR count). The summed E-state index contributed by atoms with van der Waals surface area (Å²) in [5.41, 5.74) is 8.39. The molecular weight excluding hydrogens is 214 g/mol. The Bertz CT molecular complexity index is 425. The second-order valence-corrected chi connectivity index (χ2v) is 3.94. The first-order chi connectivity index (χ1) is 8.04. The van der Waals surface area contributed by atoms with Crippen molar-refractivity contribution in [2.75, 3.05) is 31.3 Å². The summed E-state index contributed by atoms with van der Waals surface area (Å²) in [4.78, 5) is 13.3. The summed E-state index contributed by atoms with van der Waals surface area (Å²) in [7, 11) is 3.91. The van der Waals surface area contributed by atoms with Gasteiger partial charge >= 0.3 is 0 Å². The monoisotopic (exact) mass is 233 g/mol. The van der Waals surface area contributed by atoms with Crippen molar-refractivity contribution in [2.24, 2.45) is 0 Å². The Morgan fingerprint density at radius 1 is 1.47 bits per heavy atom. The maximum absolute atomic E-state index is 11.3. The van der Waals surface area contributed by atoms with Crippen molar-refractivity contribution >= 4 is 23.4 Å². The van der Waals surface area contributed by atoms with Crippen LogP contribution < -0.4 is 16.0 Å². The average molecular weight is 233 g/mol. The zero-order chi connectivity index (χ0) is 12.8. The van der Waals surface area contributed by atoms with Gasteiger partial charge in [0.1, 0.15) is 0 Å². The number of anilines is 2. The van der Waals surface area contributed by atoms with Gasteiger partial charge in [0.2, 0.25) is 5.91 Å². The van der Waals surface area contributed by atoms with Gasteiger partial charge in [-0.3, -0.25) is 4.79 Å². The van der Waals surface area contributed by atoms with E-state index in [4.69, 9.17) is 5.73 Å². The molecule has 4 nitrogen and oxygen atoms in total. The number of carbonyl (C=O) groups is 1. The number of hydrogen-bond donors (Lipinski definition) is 2. The molecule has 0 radical (unpaired) electrons. The minimum atomic E-state index is -0.0976. The summed E-state index contributed by atoms with van der Waals surface area (Å²) in [6.45, 7) is 2.51. The highest BCUT2D eigenvalue weighted by molar-refractivity contribution is 5.92. The number of rotatable bonds is 4. The summed E-state index contributed by atoms with van der Waals surface area (Å²) >= 11 is 0. The van der Waals surface area contributed by atoms with Gasteiger partial charge in [-0.15, -0.1) is 0 Å². The molecule has 0 heterocycles. The van der Waals surface area contributed by atoms with Crippen molar-refractivity contribution in [1.82, 2.24) is 5.32 Å². The molecule has 0 aliphatic heterocycles. The van der Waals surface area contributed by atoms with Crippen LogP contribution in [0.5, 0.6) is 0 Å². The van der Waals surface area contributed by atoms with Gasteiger partial charge < -0.3 is 16.0 Å². The Morgan fingerprint density at radius 2 is 2.18 bits per heavy atom. The molecule has 0 aliphatic rings. The second-order valence-electron chi connectivity index (χ2n) is 3.94. The number of nitrogen functional groups attached to an aromatic ring is 1. The lowest BCUT2D eigenvalue weighted by Gasteiger charge is -2.16. The summed E-state index contributed by atoms with van der Waals surface area (Å²) in [6, 6.07) is 5.64. The Morgan fingerprint density at radius 3 is 2.76 bits per heavy atom. The van der Waals surface area contributed by atoms with E-state index in [0.29, 0.717) is 12.2 Å². The largest absolute Gasteiger partial charge is 0.399 e. The molecule has 0 saturated carbocycles. The molecule has 0 spiro atoms. The predicted octanol–water partition coefficient (Wildman–Crippen LogP) is 1.48. The zero-order valence-corrected chi connectivity index (χ0v) is 10.5. The molecule has 0 atom stereocenters. The van der Waals surface area contributed by atoms with E-state index in [1.54, 1.807) is 6.08 Å². The smallest absolute Gasteiger partial charge is 0.243 e. The Labute approximate surface area is 102 Å². The van der Waals surface area contributed by atoms with E-state index < -0.39 is 0 Å². The maximum atomic E-state index is 11.3. The molecule has 0 aliphatic carbocycles. The number of hydrogen-bond acceptors (Lipinski definition) is 3. The fourth-order valence-corrected chi connectivity index (χ4v) is 1.51. The molecule has 0 bridgehead atoms. The first-order valence-corrected chi connectivity index (χ1v) is 5.57. The van der Waals surface area contributed by atoms with Crippen molar-refractivity contribution in [3.8, 4) is 0 Å². The van der Waals surface area contributed by atoms with Crippen molar-refractivity contribution < 1.29 is 4.79 Å². The average Bonchev–Trinajstić information content (AvgIpc) is 2.26. The minimum Gasteiger partial charge on any atom is -0.399 e. The van der Waals surface area contributed by atoms with Crippen LogP contribution in [-0.2, 0) is 4.79 Å². The molecule has 17 heavy (non-hydrogen) atoms. The fraction of sp³-hybridized carbons (Fsp3) is 0.308. The van der Waals surface area contributed by atoms with Crippen LogP contribution >= 0.6 is 0 Å². The van der Waals surface area contributed by atoms with Gasteiger partial charge in [0, 0.05) is 38.1 Å². The number of nitrogens with two attached hydrogens (primary N) is 1. The van der Waals surface area contributed by atoms with E-state index in [9.17, 15) is 4.79 Å². The number of amides is 1. The third-order valence-electron chi connectivity index (χ3n) is 2.30. The van der Waals surface area contributed by atoms with Gasteiger partial charge in [-0.05, 0) is 36.8 Å². The lowest BCUT2D eigenvalue weighted by molar-refractivity contribution is -0.116. The van der Waals surface area contributed by atoms with Crippen LogP contribution in [0, 0.1) is 0 Å². The first-order valence-electron chi connectivity index (χ1n) is 5.57. The van der Waals surface area contributed by atoms with Gasteiger partial charge in [-0.2, -0.15) is 0 Å². The third kappa shape index (κ3) is 3.83. The summed E-state index contributed by atoms with van der Waals surface area (Å²) in [6.07, 6.45) is 3.29. The van der Waals surface area contributed by atoms with Crippen LogP contribution in [0.1, 0.15) is 12.5 Å². The van der Waals surface area contributed by atoms with Gasteiger partial charge in [0.05, 0.1) is 0 Å². The van der Waals surface area contributed by atoms with Crippen molar-refractivity contribution in [3.05, 3.63) is 29.8 Å². The molecule has 0 fully saturated rings. The highest BCUT2D eigenvalue weighted by Gasteiger charge is 2.02. The van der Waals surface area contributed by atoms with E-state index in [2.05, 4.69) is 5.32 Å². The number of nitrogens with one attached hydrogen (secondary N) is 1. The number of benzene rings is 1. The lowest BCUT2D eigenvalue weighted by atomic mass is 10.1. The van der Waals surface area contributed by atoms with Gasteiger partial charge in [-0.25, -0.2) is 0 Å². The molecule has 92 valence electrons. The summed E-state index contributed by atoms with van der Waals surface area (Å²) < 4.78 is 0. The molecule has 0 aromatic heterocycles. The maximum Gasteiger partial charge on any atom is 0.243 e. The van der Waals surface area contributed by atoms with E-state index >= 15 is 0 Å². The lowest BCUT2D eigenvalue weighted by Crippen LogP contribution is -2.19. The van der Waals surface area contributed by atoms with Gasteiger partial charge in [0.25, 0.3) is 0 Å². The molecular formula is C13H19N3O. The van der Waals surface area contributed by atoms with Crippen LogP contribution in [0.15, 0.2) is 24.3 Å². The number of carbonyl (C=O) groups excluding carboxylic acids is 1. The first kappa shape index (κ1) is 13.1. The number of likely N-dealkylation sites (N-methyl/N-ethyl adjacent to an activating group) is 1. The van der Waals surface area contributed by atoms with Crippen molar-refractivity contribution in [2.45, 2.75) is 6.92 Å². The second kappa shape index (κ2) is 5.94. The van der Waals surface area contributed by atoms with E-state index in [0.717, 1.165) is 11.3 Å². The SMILES string of the molecule is CCNC(=O)C=Cc1cc(N)ccc1N(C)C. The molecule has 1 amide bonds. The van der Waals surface area contributed by atoms with E-state index in [1.165, 1.54) is 6.08 Å². The summed E-state index contributed by atoms with van der Waals surface area (Å²) in [5.74, 6) is -0.0976. The topological polar surface area (TPSA) is 58.4 Å². The van der Waals surface area contributed by atoms with Crippen LogP contribution in [0.4, 0.5) is 11.4 Å². The van der Waals surface area contributed by atoms with Gasteiger partial charge in [0.15, 0.2) is 0 Å². The van der Waals surface area contributed by atoms with Crippen molar-refractivity contribution in [1.29, 1.82) is 0 Å². The van der Waals surface area contributed by atoms with Crippen LogP contribution in [0.25, 0.3) is 6.08 Å². The summed E-state index contributed by atoms with van der Waals surface area (Å²) in [5, 5.41) is 2.71. The predicted molar refractivity (Wildman–Crippen MR) is 72.9 cm³/mol. The third-order valence-corrected chi connectivity index (χ3v) is 2.30. The zero-order valence-electron chi connectivity index (χ0n) is 10.5. The normalized spacial score (nSPS) is 10.5. The Hall–Kier alpha value is -1.97. The van der Waals surface area contributed by atoms with Crippen LogP contribution in [0.3, 0.4) is 0 Å². The number of nitrogens with zero attached hydrogens (tertiary/aromatic N) is 1. The highest BCUT2D eigenvalue weighted by Crippen LogP contribution is 2.22. The molecule has 1 aromatic carbocycles. The van der Waals surface area contributed by atoms with Crippen LogP contribution in [0.2, 0.25) is 0 Å². The van der Waals surface area contributed by atoms with E-state index in [1.807, 2.05) is 44.1 Å². The standard InChI is InChI=1S/C13H19N3O/c1-4-15-13(17)8-5-10-9-11(14)6-7-12(10)16(2)3/h5-9H,4,14H2,1-3H3,(H,15,17). The van der Waals surface area contributed by atoms with Crippen LogP contribution in [-0.4, -0.2) is 26.5 Å². The molecule has 4 heteroatoms. The molecule has 0 saturated heterocycles. The molecule has 1 aromatic rings. The van der Waals surface area contributed by atoms with Gasteiger partial charge in [-0.1, -0.05) is 0 Å². The van der Waals surface area contributed by atoms with Crippen molar-refractivity contribution in [3.63, 3.8) is 0 Å².